The Balaban J connectivity index is 2.06. The van der Waals surface area contributed by atoms with Crippen LogP contribution in [0.3, 0.4) is 0 Å². The first-order valence-corrected chi connectivity index (χ1v) is 6.92. The standard InChI is InChI=1S/C15H16INO/c1-18-11-13-6-3-2-5-12(13)10-17-15-8-4-7-14(16)9-15/h2-9,17H,10-11H2,1H3. The van der Waals surface area contributed by atoms with E-state index in [1.165, 1.54) is 14.7 Å². The van der Waals surface area contributed by atoms with E-state index in [0.29, 0.717) is 6.61 Å². The van der Waals surface area contributed by atoms with Crippen molar-refractivity contribution in [2.24, 2.45) is 0 Å². The third-order valence-corrected chi connectivity index (χ3v) is 3.40. The van der Waals surface area contributed by atoms with Crippen LogP contribution >= 0.6 is 22.6 Å². The quantitative estimate of drug-likeness (QED) is 0.819. The second-order valence-electron chi connectivity index (χ2n) is 4.07. The lowest BCUT2D eigenvalue weighted by Crippen LogP contribution is -2.03. The number of hydrogen-bond donors (Lipinski definition) is 1. The topological polar surface area (TPSA) is 21.3 Å². The number of hydrogen-bond acceptors (Lipinski definition) is 2. The average molecular weight is 353 g/mol. The molecule has 0 aliphatic rings. The van der Waals surface area contributed by atoms with Gasteiger partial charge in [0.15, 0.2) is 0 Å². The van der Waals surface area contributed by atoms with Gasteiger partial charge in [0.25, 0.3) is 0 Å². The van der Waals surface area contributed by atoms with E-state index in [0.717, 1.165) is 12.2 Å². The van der Waals surface area contributed by atoms with Gasteiger partial charge in [-0.25, -0.2) is 0 Å². The number of methoxy groups -OCH3 is 1. The first-order chi connectivity index (χ1) is 8.79. The summed E-state index contributed by atoms with van der Waals surface area (Å²) < 4.78 is 6.45. The molecule has 3 heteroatoms. The minimum atomic E-state index is 0.657. The molecule has 0 aliphatic heterocycles. The van der Waals surface area contributed by atoms with Crippen molar-refractivity contribution < 1.29 is 4.74 Å². The van der Waals surface area contributed by atoms with Gasteiger partial charge in [0.1, 0.15) is 0 Å². The Hall–Kier alpha value is -1.07. The number of anilines is 1. The van der Waals surface area contributed by atoms with E-state index >= 15 is 0 Å². The molecule has 0 spiro atoms. The molecule has 94 valence electrons. The van der Waals surface area contributed by atoms with E-state index in [1.54, 1.807) is 7.11 Å². The van der Waals surface area contributed by atoms with E-state index in [1.807, 2.05) is 6.07 Å². The molecular formula is C15H16INO. The number of benzene rings is 2. The molecule has 0 saturated heterocycles. The summed E-state index contributed by atoms with van der Waals surface area (Å²) in [6.45, 7) is 1.48. The molecule has 0 aliphatic carbocycles. The van der Waals surface area contributed by atoms with Crippen LogP contribution in [-0.2, 0) is 17.9 Å². The van der Waals surface area contributed by atoms with Crippen LogP contribution in [0.5, 0.6) is 0 Å². The zero-order valence-corrected chi connectivity index (χ0v) is 12.5. The molecule has 0 amide bonds. The number of halogens is 1. The fourth-order valence-electron chi connectivity index (χ4n) is 1.82. The normalized spacial score (nSPS) is 10.3. The van der Waals surface area contributed by atoms with Gasteiger partial charge in [0, 0.05) is 22.9 Å². The molecule has 18 heavy (non-hydrogen) atoms. The molecule has 0 atom stereocenters. The zero-order valence-electron chi connectivity index (χ0n) is 10.3. The number of rotatable bonds is 5. The van der Waals surface area contributed by atoms with Crippen LogP contribution in [0.2, 0.25) is 0 Å². The van der Waals surface area contributed by atoms with E-state index in [4.69, 9.17) is 4.74 Å². The lowest BCUT2D eigenvalue weighted by Gasteiger charge is -2.11. The van der Waals surface area contributed by atoms with Crippen LogP contribution in [-0.4, -0.2) is 7.11 Å². The Morgan fingerprint density at radius 3 is 2.56 bits per heavy atom. The first kappa shape index (κ1) is 13.4. The molecule has 0 unspecified atom stereocenters. The van der Waals surface area contributed by atoms with E-state index in [9.17, 15) is 0 Å². The summed E-state index contributed by atoms with van der Waals surface area (Å²) in [6, 6.07) is 16.7. The van der Waals surface area contributed by atoms with Crippen molar-refractivity contribution in [3.8, 4) is 0 Å². The lowest BCUT2D eigenvalue weighted by atomic mass is 10.1. The summed E-state index contributed by atoms with van der Waals surface area (Å²) in [4.78, 5) is 0. The maximum atomic E-state index is 5.21. The Kier molecular flexibility index (Phi) is 5.01. The maximum Gasteiger partial charge on any atom is 0.0716 e. The van der Waals surface area contributed by atoms with Crippen molar-refractivity contribution >= 4 is 28.3 Å². The third-order valence-electron chi connectivity index (χ3n) is 2.73. The summed E-state index contributed by atoms with van der Waals surface area (Å²) in [6.07, 6.45) is 0. The molecule has 0 fully saturated rings. The van der Waals surface area contributed by atoms with E-state index in [2.05, 4.69) is 70.4 Å². The van der Waals surface area contributed by atoms with Gasteiger partial charge in [-0.05, 0) is 51.9 Å². The summed E-state index contributed by atoms with van der Waals surface area (Å²) in [5, 5.41) is 3.44. The molecule has 2 aromatic carbocycles. The highest BCUT2D eigenvalue weighted by Gasteiger charge is 2.01. The van der Waals surface area contributed by atoms with Gasteiger partial charge in [-0.15, -0.1) is 0 Å². The van der Waals surface area contributed by atoms with Crippen LogP contribution in [0.1, 0.15) is 11.1 Å². The van der Waals surface area contributed by atoms with Crippen LogP contribution < -0.4 is 5.32 Å². The number of nitrogens with one attached hydrogen (secondary N) is 1. The minimum Gasteiger partial charge on any atom is -0.381 e. The lowest BCUT2D eigenvalue weighted by molar-refractivity contribution is 0.184. The molecule has 0 bridgehead atoms. The zero-order chi connectivity index (χ0) is 12.8. The van der Waals surface area contributed by atoms with Crippen LogP contribution in [0, 0.1) is 3.57 Å². The molecule has 0 saturated carbocycles. The second-order valence-corrected chi connectivity index (χ2v) is 5.31. The molecule has 2 rings (SSSR count). The van der Waals surface area contributed by atoms with Crippen LogP contribution in [0.4, 0.5) is 5.69 Å². The van der Waals surface area contributed by atoms with Gasteiger partial charge >= 0.3 is 0 Å². The average Bonchev–Trinajstić information content (AvgIpc) is 2.38. The van der Waals surface area contributed by atoms with Gasteiger partial charge < -0.3 is 10.1 Å². The Morgan fingerprint density at radius 2 is 1.83 bits per heavy atom. The second kappa shape index (κ2) is 6.75. The predicted molar refractivity (Wildman–Crippen MR) is 83.6 cm³/mol. The van der Waals surface area contributed by atoms with Crippen molar-refractivity contribution in [3.05, 3.63) is 63.2 Å². The molecular weight excluding hydrogens is 337 g/mol. The van der Waals surface area contributed by atoms with Gasteiger partial charge in [-0.3, -0.25) is 0 Å². The maximum absolute atomic E-state index is 5.21. The Morgan fingerprint density at radius 1 is 1.06 bits per heavy atom. The monoisotopic (exact) mass is 353 g/mol. The van der Waals surface area contributed by atoms with Crippen LogP contribution in [0.25, 0.3) is 0 Å². The SMILES string of the molecule is COCc1ccccc1CNc1cccc(I)c1. The van der Waals surface area contributed by atoms with Crippen molar-refractivity contribution in [1.82, 2.24) is 0 Å². The van der Waals surface area contributed by atoms with Gasteiger partial charge in [-0.1, -0.05) is 30.3 Å². The minimum absolute atomic E-state index is 0.657. The number of ether oxygens (including phenoxy) is 1. The smallest absolute Gasteiger partial charge is 0.0716 e. The van der Waals surface area contributed by atoms with Crippen molar-refractivity contribution in [2.75, 3.05) is 12.4 Å². The molecule has 0 radical (unpaired) electrons. The first-order valence-electron chi connectivity index (χ1n) is 5.85. The van der Waals surface area contributed by atoms with Crippen molar-refractivity contribution in [3.63, 3.8) is 0 Å². The largest absolute Gasteiger partial charge is 0.381 e. The molecule has 0 heterocycles. The highest BCUT2D eigenvalue weighted by atomic mass is 127. The van der Waals surface area contributed by atoms with Gasteiger partial charge in [0.05, 0.1) is 6.61 Å². The summed E-state index contributed by atoms with van der Waals surface area (Å²) in [5.41, 5.74) is 3.66. The fourth-order valence-corrected chi connectivity index (χ4v) is 2.37. The van der Waals surface area contributed by atoms with E-state index in [-0.39, 0.29) is 0 Å². The van der Waals surface area contributed by atoms with Crippen molar-refractivity contribution in [1.29, 1.82) is 0 Å². The van der Waals surface area contributed by atoms with E-state index < -0.39 is 0 Å². The predicted octanol–water partition coefficient (Wildman–Crippen LogP) is 4.05. The third kappa shape index (κ3) is 3.71. The fraction of sp³-hybridized carbons (Fsp3) is 0.200. The molecule has 2 nitrogen and oxygen atoms in total. The van der Waals surface area contributed by atoms with Gasteiger partial charge in [-0.2, -0.15) is 0 Å². The van der Waals surface area contributed by atoms with Crippen LogP contribution in [0.15, 0.2) is 48.5 Å². The summed E-state index contributed by atoms with van der Waals surface area (Å²) in [7, 11) is 1.73. The molecule has 2 aromatic rings. The highest BCUT2D eigenvalue weighted by Crippen LogP contribution is 2.15. The Labute approximate surface area is 122 Å². The highest BCUT2D eigenvalue weighted by molar-refractivity contribution is 14.1. The van der Waals surface area contributed by atoms with Gasteiger partial charge in [0.2, 0.25) is 0 Å². The van der Waals surface area contributed by atoms with Crippen molar-refractivity contribution in [2.45, 2.75) is 13.2 Å². The molecule has 0 aromatic heterocycles. The molecule has 1 N–H and O–H groups in total. The summed E-state index contributed by atoms with van der Waals surface area (Å²) in [5.74, 6) is 0. The Bertz CT molecular complexity index is 513. The summed E-state index contributed by atoms with van der Waals surface area (Å²) >= 11 is 2.32.